The standard InChI is InChI=1S/C6H13NO2.2C5H11NO2/c1-7(2)5-4-6(8)9-3;2*1-6(2)4-3-5(7)8/h4-5H2,1-3H3;2*3-4H2,1-2H3,(H,7,8). The van der Waals surface area contributed by atoms with E-state index in [0.29, 0.717) is 19.5 Å². The molecule has 150 valence electrons. The van der Waals surface area contributed by atoms with Crippen LogP contribution in [-0.4, -0.2) is 112 Å². The summed E-state index contributed by atoms with van der Waals surface area (Å²) in [6.07, 6.45) is 0.934. The van der Waals surface area contributed by atoms with Crippen LogP contribution in [0.2, 0.25) is 0 Å². The molecule has 0 bridgehead atoms. The monoisotopic (exact) mass is 365 g/mol. The van der Waals surface area contributed by atoms with Gasteiger partial charge in [-0.15, -0.1) is 0 Å². The van der Waals surface area contributed by atoms with Crippen LogP contribution in [0, 0.1) is 0 Å². The molecular formula is C16H35N3O6. The Morgan fingerprint density at radius 1 is 0.680 bits per heavy atom. The van der Waals surface area contributed by atoms with E-state index in [2.05, 4.69) is 4.74 Å². The number of esters is 1. The van der Waals surface area contributed by atoms with Crippen molar-refractivity contribution in [3.8, 4) is 0 Å². The normalized spacial score (nSPS) is 9.84. The molecule has 9 heteroatoms. The van der Waals surface area contributed by atoms with E-state index in [-0.39, 0.29) is 18.8 Å². The van der Waals surface area contributed by atoms with E-state index in [1.807, 2.05) is 57.0 Å². The van der Waals surface area contributed by atoms with E-state index in [9.17, 15) is 14.4 Å². The molecule has 9 nitrogen and oxygen atoms in total. The summed E-state index contributed by atoms with van der Waals surface area (Å²) in [6, 6.07) is 0. The quantitative estimate of drug-likeness (QED) is 0.552. The lowest BCUT2D eigenvalue weighted by molar-refractivity contribution is -0.141. The van der Waals surface area contributed by atoms with Crippen LogP contribution in [0.15, 0.2) is 0 Å². The van der Waals surface area contributed by atoms with E-state index in [1.54, 1.807) is 0 Å². The molecule has 0 aliphatic rings. The Kier molecular flexibility index (Phi) is 20.9. The molecule has 25 heavy (non-hydrogen) atoms. The number of rotatable bonds is 9. The maximum absolute atomic E-state index is 10.5. The fraction of sp³-hybridized carbons (Fsp3) is 0.812. The van der Waals surface area contributed by atoms with E-state index < -0.39 is 11.9 Å². The van der Waals surface area contributed by atoms with Gasteiger partial charge in [-0.25, -0.2) is 0 Å². The Hall–Kier alpha value is -1.71. The van der Waals surface area contributed by atoms with Crippen LogP contribution in [0.25, 0.3) is 0 Å². The lowest BCUT2D eigenvalue weighted by Gasteiger charge is -2.06. The maximum Gasteiger partial charge on any atom is 0.306 e. The number of methoxy groups -OCH3 is 1. The molecule has 0 amide bonds. The molecule has 0 rings (SSSR count). The zero-order chi connectivity index (χ0) is 20.4. The van der Waals surface area contributed by atoms with Gasteiger partial charge in [-0.3, -0.25) is 14.4 Å². The van der Waals surface area contributed by atoms with Gasteiger partial charge in [0, 0.05) is 19.6 Å². The van der Waals surface area contributed by atoms with Gasteiger partial charge in [-0.2, -0.15) is 0 Å². The highest BCUT2D eigenvalue weighted by Gasteiger charge is 1.99. The van der Waals surface area contributed by atoms with E-state index >= 15 is 0 Å². The third-order valence-corrected chi connectivity index (χ3v) is 2.54. The minimum atomic E-state index is -0.737. The fourth-order valence-electron chi connectivity index (χ4n) is 1.06. The van der Waals surface area contributed by atoms with E-state index in [4.69, 9.17) is 10.2 Å². The number of carboxylic acids is 2. The number of carbonyl (C=O) groups is 3. The highest BCUT2D eigenvalue weighted by molar-refractivity contribution is 5.69. The summed E-state index contributed by atoms with van der Waals surface area (Å²) in [4.78, 5) is 35.8. The molecule has 0 aliphatic carbocycles. The maximum atomic E-state index is 10.5. The van der Waals surface area contributed by atoms with Crippen molar-refractivity contribution < 1.29 is 29.3 Å². The van der Waals surface area contributed by atoms with Gasteiger partial charge in [0.15, 0.2) is 0 Å². The third kappa shape index (κ3) is 39.3. The van der Waals surface area contributed by atoms with Crippen LogP contribution < -0.4 is 0 Å². The number of nitrogens with zero attached hydrogens (tertiary/aromatic N) is 3. The molecule has 0 aromatic rings. The summed E-state index contributed by atoms with van der Waals surface area (Å²) in [7, 11) is 12.6. The summed E-state index contributed by atoms with van der Waals surface area (Å²) in [5, 5.41) is 16.3. The third-order valence-electron chi connectivity index (χ3n) is 2.54. The van der Waals surface area contributed by atoms with Crippen molar-refractivity contribution in [2.45, 2.75) is 19.3 Å². The molecule has 0 unspecified atom stereocenters. The first-order valence-electron chi connectivity index (χ1n) is 7.86. The number of carbonyl (C=O) groups excluding carboxylic acids is 1. The summed E-state index contributed by atoms with van der Waals surface area (Å²) in [6.45, 7) is 2.00. The van der Waals surface area contributed by atoms with Crippen LogP contribution in [-0.2, 0) is 19.1 Å². The average molecular weight is 365 g/mol. The van der Waals surface area contributed by atoms with Crippen LogP contribution in [0.4, 0.5) is 0 Å². The van der Waals surface area contributed by atoms with E-state index in [0.717, 1.165) is 6.54 Å². The highest BCUT2D eigenvalue weighted by atomic mass is 16.5. The molecule has 0 heterocycles. The van der Waals surface area contributed by atoms with Gasteiger partial charge in [0.2, 0.25) is 0 Å². The van der Waals surface area contributed by atoms with Crippen LogP contribution in [0.5, 0.6) is 0 Å². The first-order chi connectivity index (χ1) is 11.4. The number of hydrogen-bond donors (Lipinski definition) is 2. The smallest absolute Gasteiger partial charge is 0.306 e. The average Bonchev–Trinajstić information content (AvgIpc) is 2.49. The molecule has 0 atom stereocenters. The molecule has 0 aromatic heterocycles. The molecular weight excluding hydrogens is 330 g/mol. The van der Waals surface area contributed by atoms with Gasteiger partial charge in [-0.1, -0.05) is 0 Å². The predicted octanol–water partition coefficient (Wildman–Crippen LogP) is 0.157. The topological polar surface area (TPSA) is 111 Å². The Labute approximate surface area is 151 Å². The van der Waals surface area contributed by atoms with Crippen LogP contribution >= 0.6 is 0 Å². The van der Waals surface area contributed by atoms with Crippen molar-refractivity contribution in [1.29, 1.82) is 0 Å². The molecule has 2 N–H and O–H groups in total. The minimum Gasteiger partial charge on any atom is -0.481 e. The SMILES string of the molecule is CN(C)CCC(=O)O.CN(C)CCC(=O)O.COC(=O)CCN(C)C. The fourth-order valence-corrected chi connectivity index (χ4v) is 1.06. The Morgan fingerprint density at radius 3 is 1.12 bits per heavy atom. The lowest BCUT2D eigenvalue weighted by Crippen LogP contribution is -2.17. The molecule has 0 saturated heterocycles. The second-order valence-electron chi connectivity index (χ2n) is 6.02. The van der Waals surface area contributed by atoms with Gasteiger partial charge in [0.05, 0.1) is 26.4 Å². The van der Waals surface area contributed by atoms with Gasteiger partial charge in [0.25, 0.3) is 0 Å². The van der Waals surface area contributed by atoms with Crippen molar-refractivity contribution in [3.63, 3.8) is 0 Å². The lowest BCUT2D eigenvalue weighted by atomic mass is 10.4. The Morgan fingerprint density at radius 2 is 0.960 bits per heavy atom. The van der Waals surface area contributed by atoms with Crippen molar-refractivity contribution in [1.82, 2.24) is 14.7 Å². The Balaban J connectivity index is -0.000000291. The summed E-state index contributed by atoms with van der Waals surface area (Å²) in [5.74, 6) is -1.62. The zero-order valence-corrected chi connectivity index (χ0v) is 16.6. The number of carboxylic acid groups (broad SMARTS) is 2. The summed E-state index contributed by atoms with van der Waals surface area (Å²) in [5.41, 5.74) is 0. The molecule has 0 spiro atoms. The zero-order valence-electron chi connectivity index (χ0n) is 16.6. The second kappa shape index (κ2) is 18.6. The summed E-state index contributed by atoms with van der Waals surface area (Å²) >= 11 is 0. The molecule has 0 radical (unpaired) electrons. The first kappa shape index (κ1) is 28.1. The second-order valence-corrected chi connectivity index (χ2v) is 6.02. The van der Waals surface area contributed by atoms with Crippen molar-refractivity contribution in [3.05, 3.63) is 0 Å². The summed E-state index contributed by atoms with van der Waals surface area (Å²) < 4.78 is 4.43. The van der Waals surface area contributed by atoms with Crippen molar-refractivity contribution in [2.75, 3.05) is 69.0 Å². The van der Waals surface area contributed by atoms with Gasteiger partial charge in [-0.05, 0) is 42.3 Å². The molecule has 0 aromatic carbocycles. The number of ether oxygens (including phenoxy) is 1. The van der Waals surface area contributed by atoms with Gasteiger partial charge in [0.1, 0.15) is 0 Å². The van der Waals surface area contributed by atoms with Crippen LogP contribution in [0.3, 0.4) is 0 Å². The molecule has 0 aliphatic heterocycles. The molecule has 0 fully saturated rings. The number of aliphatic carboxylic acids is 2. The Bertz CT molecular complexity index is 338. The first-order valence-corrected chi connectivity index (χ1v) is 7.86. The largest absolute Gasteiger partial charge is 0.481 e. The number of hydrogen-bond acceptors (Lipinski definition) is 7. The molecule has 0 saturated carbocycles. The minimum absolute atomic E-state index is 0.149. The predicted molar refractivity (Wildman–Crippen MR) is 96.8 cm³/mol. The highest BCUT2D eigenvalue weighted by Crippen LogP contribution is 1.85. The van der Waals surface area contributed by atoms with Crippen molar-refractivity contribution in [2.24, 2.45) is 0 Å². The van der Waals surface area contributed by atoms with Crippen LogP contribution in [0.1, 0.15) is 19.3 Å². The van der Waals surface area contributed by atoms with Gasteiger partial charge >= 0.3 is 17.9 Å². The van der Waals surface area contributed by atoms with E-state index in [1.165, 1.54) is 7.11 Å². The van der Waals surface area contributed by atoms with Crippen molar-refractivity contribution >= 4 is 17.9 Å². The van der Waals surface area contributed by atoms with Gasteiger partial charge < -0.3 is 29.6 Å².